The molecule has 1 aliphatic carbocycles. The summed E-state index contributed by atoms with van der Waals surface area (Å²) in [7, 11) is 1.85. The predicted octanol–water partition coefficient (Wildman–Crippen LogP) is 1.96. The van der Waals surface area contributed by atoms with Crippen LogP contribution in [0.25, 0.3) is 0 Å². The van der Waals surface area contributed by atoms with E-state index in [4.69, 9.17) is 0 Å². The largest absolute Gasteiger partial charge is 0.481 e. The van der Waals surface area contributed by atoms with E-state index in [9.17, 15) is 9.90 Å². The molecule has 100 valence electrons. The Kier molecular flexibility index (Phi) is 3.68. The molecule has 0 aromatic carbocycles. The Morgan fingerprint density at radius 1 is 1.44 bits per heavy atom. The van der Waals surface area contributed by atoms with Gasteiger partial charge in [0, 0.05) is 19.9 Å². The maximum atomic E-state index is 11.5. The van der Waals surface area contributed by atoms with Gasteiger partial charge in [0.15, 0.2) is 5.82 Å². The first-order chi connectivity index (χ1) is 8.57. The van der Waals surface area contributed by atoms with Gasteiger partial charge in [0.2, 0.25) is 0 Å². The first-order valence-corrected chi connectivity index (χ1v) is 6.69. The van der Waals surface area contributed by atoms with E-state index >= 15 is 0 Å². The molecular weight excluding hydrogens is 230 g/mol. The SMILES string of the molecule is CCCc1nc(CC2(C(=O)O)CCCC2)n(C)n1. The monoisotopic (exact) mass is 251 g/mol. The topological polar surface area (TPSA) is 68.0 Å². The fourth-order valence-electron chi connectivity index (χ4n) is 2.78. The number of hydrogen-bond acceptors (Lipinski definition) is 3. The smallest absolute Gasteiger partial charge is 0.310 e. The lowest BCUT2D eigenvalue weighted by molar-refractivity contribution is -0.148. The third-order valence-corrected chi connectivity index (χ3v) is 3.88. The third kappa shape index (κ3) is 2.40. The van der Waals surface area contributed by atoms with Crippen LogP contribution >= 0.6 is 0 Å². The molecule has 1 fully saturated rings. The lowest BCUT2D eigenvalue weighted by Gasteiger charge is -2.22. The third-order valence-electron chi connectivity index (χ3n) is 3.88. The van der Waals surface area contributed by atoms with E-state index in [0.717, 1.165) is 50.2 Å². The molecule has 0 atom stereocenters. The number of carboxylic acid groups (broad SMARTS) is 1. The molecule has 0 amide bonds. The molecule has 0 unspecified atom stereocenters. The molecule has 1 saturated carbocycles. The molecule has 5 heteroatoms. The van der Waals surface area contributed by atoms with Gasteiger partial charge in [-0.15, -0.1) is 0 Å². The van der Waals surface area contributed by atoms with Gasteiger partial charge in [-0.3, -0.25) is 9.48 Å². The summed E-state index contributed by atoms with van der Waals surface area (Å²) in [5, 5.41) is 13.8. The number of hydrogen-bond donors (Lipinski definition) is 1. The molecule has 18 heavy (non-hydrogen) atoms. The van der Waals surface area contributed by atoms with E-state index < -0.39 is 11.4 Å². The average Bonchev–Trinajstić information content (AvgIpc) is 2.89. The van der Waals surface area contributed by atoms with Gasteiger partial charge < -0.3 is 5.11 Å². The Morgan fingerprint density at radius 3 is 2.67 bits per heavy atom. The summed E-state index contributed by atoms with van der Waals surface area (Å²) in [5.74, 6) is 0.955. The van der Waals surface area contributed by atoms with Crippen LogP contribution in [0.2, 0.25) is 0 Å². The molecule has 0 spiro atoms. The zero-order valence-corrected chi connectivity index (χ0v) is 11.1. The molecule has 1 aromatic rings. The summed E-state index contributed by atoms with van der Waals surface area (Å²) < 4.78 is 1.74. The van der Waals surface area contributed by atoms with Crippen LogP contribution < -0.4 is 0 Å². The van der Waals surface area contributed by atoms with Crippen molar-refractivity contribution in [3.8, 4) is 0 Å². The van der Waals surface area contributed by atoms with Gasteiger partial charge in [0.05, 0.1) is 5.41 Å². The molecule has 0 aliphatic heterocycles. The molecule has 1 aromatic heterocycles. The molecule has 1 heterocycles. The van der Waals surface area contributed by atoms with Gasteiger partial charge in [0.1, 0.15) is 5.82 Å². The number of aromatic nitrogens is 3. The van der Waals surface area contributed by atoms with Crippen LogP contribution in [0.5, 0.6) is 0 Å². The standard InChI is InChI=1S/C13H21N3O2/c1-3-6-10-14-11(16(2)15-10)9-13(12(17)18)7-4-5-8-13/h3-9H2,1-2H3,(H,17,18). The summed E-state index contributed by atoms with van der Waals surface area (Å²) in [6.07, 6.45) is 5.91. The molecule has 1 N–H and O–H groups in total. The summed E-state index contributed by atoms with van der Waals surface area (Å²) in [4.78, 5) is 16.0. The number of carboxylic acids is 1. The van der Waals surface area contributed by atoms with Crippen molar-refractivity contribution in [3.63, 3.8) is 0 Å². The second kappa shape index (κ2) is 5.08. The van der Waals surface area contributed by atoms with Crippen LogP contribution in [0.3, 0.4) is 0 Å². The molecule has 0 saturated heterocycles. The fourth-order valence-corrected chi connectivity index (χ4v) is 2.78. The van der Waals surface area contributed by atoms with Crippen LogP contribution in [-0.2, 0) is 24.7 Å². The quantitative estimate of drug-likeness (QED) is 0.868. The second-order valence-corrected chi connectivity index (χ2v) is 5.29. The van der Waals surface area contributed by atoms with Crippen molar-refractivity contribution < 1.29 is 9.90 Å². The minimum absolute atomic E-state index is 0.509. The maximum Gasteiger partial charge on any atom is 0.310 e. The summed E-state index contributed by atoms with van der Waals surface area (Å²) in [5.41, 5.74) is -0.607. The summed E-state index contributed by atoms with van der Waals surface area (Å²) in [6.45, 7) is 2.09. The van der Waals surface area contributed by atoms with Gasteiger partial charge in [-0.25, -0.2) is 4.98 Å². The van der Waals surface area contributed by atoms with Crippen LogP contribution in [0.4, 0.5) is 0 Å². The number of rotatable bonds is 5. The van der Waals surface area contributed by atoms with Crippen LogP contribution in [0.1, 0.15) is 50.7 Å². The Balaban J connectivity index is 2.19. The van der Waals surface area contributed by atoms with Crippen molar-refractivity contribution in [2.75, 3.05) is 0 Å². The highest BCUT2D eigenvalue weighted by atomic mass is 16.4. The van der Waals surface area contributed by atoms with Crippen molar-refractivity contribution in [2.45, 2.75) is 51.9 Å². The van der Waals surface area contributed by atoms with E-state index in [1.54, 1.807) is 4.68 Å². The number of aliphatic carboxylic acids is 1. The average molecular weight is 251 g/mol. The summed E-state index contributed by atoms with van der Waals surface area (Å²) >= 11 is 0. The zero-order valence-electron chi connectivity index (χ0n) is 11.1. The van der Waals surface area contributed by atoms with E-state index in [1.807, 2.05) is 7.05 Å². The molecular formula is C13H21N3O2. The van der Waals surface area contributed by atoms with Crippen molar-refractivity contribution in [1.29, 1.82) is 0 Å². The number of carbonyl (C=O) groups is 1. The highest BCUT2D eigenvalue weighted by molar-refractivity contribution is 5.75. The van der Waals surface area contributed by atoms with Crippen molar-refractivity contribution in [1.82, 2.24) is 14.8 Å². The summed E-state index contributed by atoms with van der Waals surface area (Å²) in [6, 6.07) is 0. The van der Waals surface area contributed by atoms with E-state index in [0.29, 0.717) is 6.42 Å². The van der Waals surface area contributed by atoms with Crippen LogP contribution in [-0.4, -0.2) is 25.8 Å². The fraction of sp³-hybridized carbons (Fsp3) is 0.769. The lowest BCUT2D eigenvalue weighted by atomic mass is 9.82. The highest BCUT2D eigenvalue weighted by Crippen LogP contribution is 2.40. The molecule has 5 nitrogen and oxygen atoms in total. The maximum absolute atomic E-state index is 11.5. The van der Waals surface area contributed by atoms with Crippen LogP contribution in [0.15, 0.2) is 0 Å². The van der Waals surface area contributed by atoms with Crippen molar-refractivity contribution >= 4 is 5.97 Å². The van der Waals surface area contributed by atoms with E-state index in [2.05, 4.69) is 17.0 Å². The van der Waals surface area contributed by atoms with Gasteiger partial charge in [0.25, 0.3) is 0 Å². The predicted molar refractivity (Wildman–Crippen MR) is 67.2 cm³/mol. The molecule has 1 aliphatic rings. The number of nitrogens with zero attached hydrogens (tertiary/aromatic N) is 3. The lowest BCUT2D eigenvalue weighted by Crippen LogP contribution is -2.31. The minimum Gasteiger partial charge on any atom is -0.481 e. The van der Waals surface area contributed by atoms with Crippen LogP contribution in [0, 0.1) is 5.41 Å². The minimum atomic E-state index is -0.681. The Bertz CT molecular complexity index is 433. The Hall–Kier alpha value is -1.39. The number of aryl methyl sites for hydroxylation is 2. The Labute approximate surface area is 107 Å². The van der Waals surface area contributed by atoms with E-state index in [1.165, 1.54) is 0 Å². The first-order valence-electron chi connectivity index (χ1n) is 6.69. The van der Waals surface area contributed by atoms with E-state index in [-0.39, 0.29) is 0 Å². The molecule has 2 rings (SSSR count). The second-order valence-electron chi connectivity index (χ2n) is 5.29. The Morgan fingerprint density at radius 2 is 2.11 bits per heavy atom. The normalized spacial score (nSPS) is 18.1. The van der Waals surface area contributed by atoms with Gasteiger partial charge in [-0.05, 0) is 19.3 Å². The van der Waals surface area contributed by atoms with Gasteiger partial charge in [-0.1, -0.05) is 19.8 Å². The highest BCUT2D eigenvalue weighted by Gasteiger charge is 2.42. The van der Waals surface area contributed by atoms with Crippen molar-refractivity contribution in [3.05, 3.63) is 11.6 Å². The van der Waals surface area contributed by atoms with Crippen molar-refractivity contribution in [2.24, 2.45) is 12.5 Å². The molecule has 0 radical (unpaired) electrons. The molecule has 0 bridgehead atoms. The first kappa shape index (κ1) is 13.1. The van der Waals surface area contributed by atoms with Gasteiger partial charge in [-0.2, -0.15) is 5.10 Å². The zero-order chi connectivity index (χ0) is 13.2. The van der Waals surface area contributed by atoms with Gasteiger partial charge >= 0.3 is 5.97 Å².